The SMILES string of the molecule is Cc1cccc(C(=O)c2ccccc2OC(C)C)c1Br. The van der Waals surface area contributed by atoms with Crippen LogP contribution in [0.25, 0.3) is 0 Å². The maximum Gasteiger partial charge on any atom is 0.197 e. The molecule has 0 fully saturated rings. The fourth-order valence-electron chi connectivity index (χ4n) is 1.98. The van der Waals surface area contributed by atoms with Crippen molar-refractivity contribution in [3.05, 3.63) is 63.6 Å². The molecule has 0 heterocycles. The number of rotatable bonds is 4. The van der Waals surface area contributed by atoms with Crippen LogP contribution >= 0.6 is 15.9 Å². The third kappa shape index (κ3) is 3.10. The molecule has 2 rings (SSSR count). The molecule has 0 spiro atoms. The predicted molar refractivity (Wildman–Crippen MR) is 84.5 cm³/mol. The van der Waals surface area contributed by atoms with Gasteiger partial charge in [0.1, 0.15) is 5.75 Å². The summed E-state index contributed by atoms with van der Waals surface area (Å²) < 4.78 is 6.56. The van der Waals surface area contributed by atoms with Crippen LogP contribution in [0.1, 0.15) is 35.3 Å². The number of ether oxygens (including phenoxy) is 1. The zero-order chi connectivity index (χ0) is 14.7. The van der Waals surface area contributed by atoms with Gasteiger partial charge < -0.3 is 4.74 Å². The van der Waals surface area contributed by atoms with Gasteiger partial charge in [-0.2, -0.15) is 0 Å². The molecule has 0 saturated heterocycles. The summed E-state index contributed by atoms with van der Waals surface area (Å²) in [5, 5.41) is 0. The van der Waals surface area contributed by atoms with E-state index in [1.165, 1.54) is 0 Å². The van der Waals surface area contributed by atoms with E-state index in [1.54, 1.807) is 6.07 Å². The van der Waals surface area contributed by atoms with Crippen LogP contribution in [0.4, 0.5) is 0 Å². The van der Waals surface area contributed by atoms with Crippen molar-refractivity contribution < 1.29 is 9.53 Å². The molecule has 0 saturated carbocycles. The van der Waals surface area contributed by atoms with Gasteiger partial charge in [-0.05, 0) is 60.5 Å². The molecule has 0 amide bonds. The Hall–Kier alpha value is -1.61. The first-order chi connectivity index (χ1) is 9.50. The number of benzene rings is 2. The van der Waals surface area contributed by atoms with Gasteiger partial charge in [-0.3, -0.25) is 4.79 Å². The molecular formula is C17H17BrO2. The minimum atomic E-state index is -0.0307. The number of para-hydroxylation sites is 1. The molecule has 2 aromatic carbocycles. The summed E-state index contributed by atoms with van der Waals surface area (Å²) >= 11 is 3.49. The van der Waals surface area contributed by atoms with Crippen LogP contribution in [0.3, 0.4) is 0 Å². The monoisotopic (exact) mass is 332 g/mol. The Morgan fingerprint density at radius 1 is 1.05 bits per heavy atom. The first-order valence-corrected chi connectivity index (χ1v) is 7.35. The van der Waals surface area contributed by atoms with E-state index in [2.05, 4.69) is 15.9 Å². The van der Waals surface area contributed by atoms with E-state index < -0.39 is 0 Å². The van der Waals surface area contributed by atoms with Crippen LogP contribution in [0.5, 0.6) is 5.75 Å². The molecule has 0 bridgehead atoms. The van der Waals surface area contributed by atoms with Gasteiger partial charge in [0.15, 0.2) is 5.78 Å². The van der Waals surface area contributed by atoms with Crippen LogP contribution in [0, 0.1) is 6.92 Å². The first-order valence-electron chi connectivity index (χ1n) is 6.56. The number of carbonyl (C=O) groups is 1. The van der Waals surface area contributed by atoms with Crippen LogP contribution in [0.2, 0.25) is 0 Å². The number of ketones is 1. The van der Waals surface area contributed by atoms with E-state index in [-0.39, 0.29) is 11.9 Å². The highest BCUT2D eigenvalue weighted by Crippen LogP contribution is 2.27. The average molecular weight is 333 g/mol. The fourth-order valence-corrected chi connectivity index (χ4v) is 2.42. The molecule has 20 heavy (non-hydrogen) atoms. The van der Waals surface area contributed by atoms with E-state index in [4.69, 9.17) is 4.74 Å². The topological polar surface area (TPSA) is 26.3 Å². The Morgan fingerprint density at radius 2 is 1.70 bits per heavy atom. The standard InChI is InChI=1S/C17H17BrO2/c1-11(2)20-15-10-5-4-8-13(15)17(19)14-9-6-7-12(3)16(14)18/h4-11H,1-3H3. The quantitative estimate of drug-likeness (QED) is 0.753. The van der Waals surface area contributed by atoms with Crippen molar-refractivity contribution in [1.29, 1.82) is 0 Å². The number of hydrogen-bond acceptors (Lipinski definition) is 2. The van der Waals surface area contributed by atoms with Gasteiger partial charge in [0, 0.05) is 10.0 Å². The number of hydrogen-bond donors (Lipinski definition) is 0. The third-order valence-electron chi connectivity index (χ3n) is 2.93. The molecule has 0 aromatic heterocycles. The summed E-state index contributed by atoms with van der Waals surface area (Å²) in [6.45, 7) is 5.87. The second kappa shape index (κ2) is 6.23. The lowest BCUT2D eigenvalue weighted by atomic mass is 10.0. The Morgan fingerprint density at radius 3 is 2.40 bits per heavy atom. The van der Waals surface area contributed by atoms with Crippen molar-refractivity contribution in [1.82, 2.24) is 0 Å². The van der Waals surface area contributed by atoms with E-state index in [0.29, 0.717) is 16.9 Å². The van der Waals surface area contributed by atoms with Crippen molar-refractivity contribution in [3.8, 4) is 5.75 Å². The summed E-state index contributed by atoms with van der Waals surface area (Å²) in [6, 6.07) is 13.0. The third-order valence-corrected chi connectivity index (χ3v) is 3.98. The molecule has 0 aliphatic rings. The molecule has 0 radical (unpaired) electrons. The molecule has 0 aliphatic carbocycles. The Kier molecular flexibility index (Phi) is 4.61. The highest BCUT2D eigenvalue weighted by atomic mass is 79.9. The van der Waals surface area contributed by atoms with Crippen molar-refractivity contribution >= 4 is 21.7 Å². The average Bonchev–Trinajstić information content (AvgIpc) is 2.41. The van der Waals surface area contributed by atoms with Crippen molar-refractivity contribution in [3.63, 3.8) is 0 Å². The van der Waals surface area contributed by atoms with Crippen LogP contribution < -0.4 is 4.74 Å². The summed E-state index contributed by atoms with van der Waals surface area (Å²) in [7, 11) is 0. The van der Waals surface area contributed by atoms with Crippen molar-refractivity contribution in [2.45, 2.75) is 26.9 Å². The van der Waals surface area contributed by atoms with E-state index in [9.17, 15) is 4.79 Å². The van der Waals surface area contributed by atoms with E-state index >= 15 is 0 Å². The van der Waals surface area contributed by atoms with Crippen molar-refractivity contribution in [2.24, 2.45) is 0 Å². The second-order valence-electron chi connectivity index (χ2n) is 4.93. The maximum absolute atomic E-state index is 12.7. The molecule has 2 nitrogen and oxygen atoms in total. The van der Waals surface area contributed by atoms with Crippen LogP contribution in [0.15, 0.2) is 46.9 Å². The van der Waals surface area contributed by atoms with Gasteiger partial charge in [0.05, 0.1) is 11.7 Å². The molecule has 0 aliphatic heterocycles. The minimum absolute atomic E-state index is 0.0307. The van der Waals surface area contributed by atoms with Gasteiger partial charge in [0.2, 0.25) is 0 Å². The second-order valence-corrected chi connectivity index (χ2v) is 5.72. The Labute approximate surface area is 127 Å². The molecule has 104 valence electrons. The summed E-state index contributed by atoms with van der Waals surface area (Å²) in [6.07, 6.45) is 0.0323. The predicted octanol–water partition coefficient (Wildman–Crippen LogP) is 4.78. The van der Waals surface area contributed by atoms with Gasteiger partial charge in [-0.25, -0.2) is 0 Å². The molecule has 0 atom stereocenters. The van der Waals surface area contributed by atoms with Crippen LogP contribution in [-0.4, -0.2) is 11.9 Å². The lowest BCUT2D eigenvalue weighted by Crippen LogP contribution is -2.11. The molecule has 2 aromatic rings. The van der Waals surface area contributed by atoms with Gasteiger partial charge in [0.25, 0.3) is 0 Å². The fraction of sp³-hybridized carbons (Fsp3) is 0.235. The molecule has 0 N–H and O–H groups in total. The summed E-state index contributed by atoms with van der Waals surface area (Å²) in [5.41, 5.74) is 2.29. The largest absolute Gasteiger partial charge is 0.490 e. The normalized spacial score (nSPS) is 10.7. The first kappa shape index (κ1) is 14.8. The lowest BCUT2D eigenvalue weighted by molar-refractivity contribution is 0.103. The Balaban J connectivity index is 2.46. The van der Waals surface area contributed by atoms with E-state index in [1.807, 2.05) is 57.2 Å². The number of aryl methyl sites for hydroxylation is 1. The van der Waals surface area contributed by atoms with Gasteiger partial charge >= 0.3 is 0 Å². The minimum Gasteiger partial charge on any atom is -0.490 e. The molecule has 0 unspecified atom stereocenters. The Bertz CT molecular complexity index is 633. The molecule has 3 heteroatoms. The van der Waals surface area contributed by atoms with Gasteiger partial charge in [-0.1, -0.05) is 24.3 Å². The van der Waals surface area contributed by atoms with E-state index in [0.717, 1.165) is 10.0 Å². The summed E-state index contributed by atoms with van der Waals surface area (Å²) in [5.74, 6) is 0.595. The molecular weight excluding hydrogens is 316 g/mol. The maximum atomic E-state index is 12.7. The highest BCUT2D eigenvalue weighted by Gasteiger charge is 2.18. The lowest BCUT2D eigenvalue weighted by Gasteiger charge is -2.14. The zero-order valence-electron chi connectivity index (χ0n) is 11.8. The highest BCUT2D eigenvalue weighted by molar-refractivity contribution is 9.10. The smallest absolute Gasteiger partial charge is 0.197 e. The van der Waals surface area contributed by atoms with Crippen molar-refractivity contribution in [2.75, 3.05) is 0 Å². The summed E-state index contributed by atoms with van der Waals surface area (Å²) in [4.78, 5) is 12.7. The number of halogens is 1. The van der Waals surface area contributed by atoms with Crippen LogP contribution in [-0.2, 0) is 0 Å². The van der Waals surface area contributed by atoms with Gasteiger partial charge in [-0.15, -0.1) is 0 Å². The zero-order valence-corrected chi connectivity index (χ0v) is 13.4. The number of carbonyl (C=O) groups excluding carboxylic acids is 1.